The zero-order valence-electron chi connectivity index (χ0n) is 6.45. The van der Waals surface area contributed by atoms with Gasteiger partial charge in [-0.1, -0.05) is 47.8 Å². The number of hydrogen-bond donors (Lipinski definition) is 0. The van der Waals surface area contributed by atoms with Crippen LogP contribution in [0, 0.1) is 10.1 Å². The topological polar surface area (TPSA) is 43.1 Å². The Hall–Kier alpha value is 1.71. The van der Waals surface area contributed by atoms with E-state index in [4.69, 9.17) is 34.8 Å². The molecule has 0 unspecified atom stereocenters. The number of rotatable bonds is 1. The first-order valence-corrected chi connectivity index (χ1v) is 7.53. The van der Waals surface area contributed by atoms with Gasteiger partial charge in [-0.3, -0.25) is 10.1 Å². The standard InChI is InChI=1S/C2H4Br2.CH3Br.CCl3NO2/c3-1-2-4;1-2;2-1(3,4)5(6)7/h1-2H2;1H3;. The van der Waals surface area contributed by atoms with Crippen molar-refractivity contribution in [2.45, 2.75) is 3.92 Å². The molecule has 0 aliphatic carbocycles. The lowest BCUT2D eigenvalue weighted by molar-refractivity contribution is -0.491. The van der Waals surface area contributed by atoms with Crippen LogP contribution in [0.4, 0.5) is 0 Å². The van der Waals surface area contributed by atoms with Crippen LogP contribution in [0.2, 0.25) is 0 Å². The van der Waals surface area contributed by atoms with Gasteiger partial charge in [0.25, 0.3) is 0 Å². The fourth-order valence-corrected chi connectivity index (χ4v) is 0. The van der Waals surface area contributed by atoms with E-state index in [0.717, 1.165) is 10.7 Å². The molecule has 0 saturated carbocycles. The SMILES string of the molecule is BrCCBr.CBr.O=[N+]([O-])C(Cl)(Cl)Cl. The molecule has 0 rings (SSSR count). The minimum atomic E-state index is -2.36. The summed E-state index contributed by atoms with van der Waals surface area (Å²) < 4.78 is -2.36. The monoisotopic (exact) mass is 443 g/mol. The predicted molar refractivity (Wildman–Crippen MR) is 69.7 cm³/mol. The maximum absolute atomic E-state index is 9.43. The average molecular weight is 447 g/mol. The van der Waals surface area contributed by atoms with Crippen LogP contribution < -0.4 is 0 Å². The van der Waals surface area contributed by atoms with Gasteiger partial charge in [0.2, 0.25) is 0 Å². The Balaban J connectivity index is -0.000000142. The van der Waals surface area contributed by atoms with Crippen LogP contribution in [-0.2, 0) is 0 Å². The van der Waals surface area contributed by atoms with Crippen molar-refractivity contribution in [2.75, 3.05) is 16.5 Å². The Morgan fingerprint density at radius 2 is 1.38 bits per heavy atom. The molecular weight excluding hydrogens is 440 g/mol. The first kappa shape index (κ1) is 20.2. The quantitative estimate of drug-likeness (QED) is 0.259. The third-order valence-electron chi connectivity index (χ3n) is 0.278. The fourth-order valence-electron chi connectivity index (χ4n) is 0. The zero-order chi connectivity index (χ0) is 11.5. The summed E-state index contributed by atoms with van der Waals surface area (Å²) in [5, 5.41) is 11.5. The van der Waals surface area contributed by atoms with Crippen LogP contribution in [0.1, 0.15) is 0 Å². The number of hydrogen-bond acceptors (Lipinski definition) is 2. The molecule has 0 aromatic carbocycles. The third-order valence-corrected chi connectivity index (χ3v) is 2.55. The zero-order valence-corrected chi connectivity index (χ0v) is 13.5. The fraction of sp³-hybridized carbons (Fsp3) is 1.00. The molecule has 9 heteroatoms. The summed E-state index contributed by atoms with van der Waals surface area (Å²) in [6.45, 7) is 0. The molecular formula is C4H7Br3Cl3NO2. The van der Waals surface area contributed by atoms with Gasteiger partial charge in [-0.05, 0) is 40.6 Å². The molecule has 13 heavy (non-hydrogen) atoms. The maximum Gasteiger partial charge on any atom is 0.449 e. The summed E-state index contributed by atoms with van der Waals surface area (Å²) in [7, 11) is 0. The van der Waals surface area contributed by atoms with Crippen LogP contribution in [0.5, 0.6) is 0 Å². The van der Waals surface area contributed by atoms with Gasteiger partial charge in [-0.2, -0.15) is 0 Å². The summed E-state index contributed by atoms with van der Waals surface area (Å²) in [6, 6.07) is 0. The number of alkyl halides is 6. The van der Waals surface area contributed by atoms with E-state index in [1.807, 2.05) is 5.83 Å². The first-order chi connectivity index (χ1) is 5.86. The van der Waals surface area contributed by atoms with Crippen LogP contribution in [0.15, 0.2) is 0 Å². The highest BCUT2D eigenvalue weighted by Gasteiger charge is 2.33. The summed E-state index contributed by atoms with van der Waals surface area (Å²) in [5.74, 6) is 1.81. The van der Waals surface area contributed by atoms with Gasteiger partial charge in [-0.15, -0.1) is 0 Å². The average Bonchev–Trinajstić information content (AvgIpc) is 2.07. The highest BCUT2D eigenvalue weighted by atomic mass is 79.9. The van der Waals surface area contributed by atoms with Crippen molar-refractivity contribution in [2.24, 2.45) is 0 Å². The minimum Gasteiger partial charge on any atom is -0.260 e. The van der Waals surface area contributed by atoms with Gasteiger partial charge in [0.05, 0.1) is 4.92 Å². The Labute approximate surface area is 117 Å². The van der Waals surface area contributed by atoms with Crippen molar-refractivity contribution in [3.63, 3.8) is 0 Å². The van der Waals surface area contributed by atoms with Gasteiger partial charge in [0, 0.05) is 10.7 Å². The van der Waals surface area contributed by atoms with Crippen molar-refractivity contribution in [1.29, 1.82) is 0 Å². The molecule has 0 aromatic rings. The summed E-state index contributed by atoms with van der Waals surface area (Å²) >= 11 is 23.4. The first-order valence-electron chi connectivity index (χ1n) is 2.57. The lowest BCUT2D eigenvalue weighted by atomic mass is 11.0. The number of nitrogens with zero attached hydrogens (tertiary/aromatic N) is 1. The lowest BCUT2D eigenvalue weighted by Gasteiger charge is -1.96. The van der Waals surface area contributed by atoms with Crippen LogP contribution in [0.25, 0.3) is 0 Å². The second-order valence-electron chi connectivity index (χ2n) is 1.10. The highest BCUT2D eigenvalue weighted by Crippen LogP contribution is 2.25. The number of halogens is 6. The van der Waals surface area contributed by atoms with Crippen molar-refractivity contribution >= 4 is 82.6 Å². The molecule has 0 spiro atoms. The van der Waals surface area contributed by atoms with Crippen molar-refractivity contribution in [3.8, 4) is 0 Å². The third kappa shape index (κ3) is 24.8. The molecule has 0 aliphatic heterocycles. The number of nitro groups is 1. The van der Waals surface area contributed by atoms with Crippen molar-refractivity contribution in [1.82, 2.24) is 0 Å². The van der Waals surface area contributed by atoms with E-state index >= 15 is 0 Å². The van der Waals surface area contributed by atoms with E-state index in [1.165, 1.54) is 0 Å². The summed E-state index contributed by atoms with van der Waals surface area (Å²) in [6.07, 6.45) is 0. The molecule has 0 heterocycles. The van der Waals surface area contributed by atoms with Crippen LogP contribution in [0.3, 0.4) is 0 Å². The molecule has 0 atom stereocenters. The molecule has 0 saturated heterocycles. The lowest BCUT2D eigenvalue weighted by Crippen LogP contribution is -2.15. The van der Waals surface area contributed by atoms with Crippen molar-refractivity contribution in [3.05, 3.63) is 10.1 Å². The van der Waals surface area contributed by atoms with Gasteiger partial charge < -0.3 is 0 Å². The highest BCUT2D eigenvalue weighted by molar-refractivity contribution is 9.12. The molecule has 0 N–H and O–H groups in total. The Kier molecular flexibility index (Phi) is 21.3. The molecule has 0 aromatic heterocycles. The molecule has 0 fully saturated rings. The second-order valence-corrected chi connectivity index (χ2v) is 4.91. The Morgan fingerprint density at radius 3 is 1.38 bits per heavy atom. The van der Waals surface area contributed by atoms with Gasteiger partial charge in [0.15, 0.2) is 0 Å². The van der Waals surface area contributed by atoms with E-state index in [1.54, 1.807) is 0 Å². The van der Waals surface area contributed by atoms with E-state index in [-0.39, 0.29) is 0 Å². The molecule has 0 amide bonds. The minimum absolute atomic E-state index is 1.02. The van der Waals surface area contributed by atoms with Crippen LogP contribution >= 0.6 is 82.6 Å². The van der Waals surface area contributed by atoms with Gasteiger partial charge >= 0.3 is 3.92 Å². The Morgan fingerprint density at radius 1 is 1.23 bits per heavy atom. The van der Waals surface area contributed by atoms with E-state index in [2.05, 4.69) is 47.8 Å². The van der Waals surface area contributed by atoms with E-state index in [9.17, 15) is 10.1 Å². The largest absolute Gasteiger partial charge is 0.449 e. The van der Waals surface area contributed by atoms with E-state index < -0.39 is 8.84 Å². The molecule has 0 aliphatic rings. The normalized spacial score (nSPS) is 8.85. The molecule has 82 valence electrons. The summed E-state index contributed by atoms with van der Waals surface area (Å²) in [5.41, 5.74) is 0. The smallest absolute Gasteiger partial charge is 0.260 e. The van der Waals surface area contributed by atoms with Gasteiger partial charge in [0.1, 0.15) is 0 Å². The molecule has 0 bridgehead atoms. The second kappa shape index (κ2) is 13.7. The van der Waals surface area contributed by atoms with Gasteiger partial charge in [-0.25, -0.2) is 0 Å². The molecule has 0 radical (unpaired) electrons. The summed E-state index contributed by atoms with van der Waals surface area (Å²) in [4.78, 5) is 8.41. The van der Waals surface area contributed by atoms with Crippen LogP contribution in [-0.4, -0.2) is 25.3 Å². The Bertz CT molecular complexity index is 120. The van der Waals surface area contributed by atoms with E-state index in [0.29, 0.717) is 0 Å². The van der Waals surface area contributed by atoms with Crippen molar-refractivity contribution < 1.29 is 4.92 Å². The maximum atomic E-state index is 9.43. The predicted octanol–water partition coefficient (Wildman–Crippen LogP) is 4.38. The molecule has 3 nitrogen and oxygen atoms in total.